The van der Waals surface area contributed by atoms with Gasteiger partial charge in [0.25, 0.3) is 5.91 Å². The third-order valence-corrected chi connectivity index (χ3v) is 5.22. The fourth-order valence-corrected chi connectivity index (χ4v) is 3.75. The summed E-state index contributed by atoms with van der Waals surface area (Å²) in [6.07, 6.45) is 2.86. The van der Waals surface area contributed by atoms with Gasteiger partial charge in [0.05, 0.1) is 15.1 Å². The Balaban J connectivity index is 1.86. The summed E-state index contributed by atoms with van der Waals surface area (Å²) in [5.74, 6) is -0.400. The average Bonchev–Trinajstić information content (AvgIpc) is 3.12. The number of para-hydroxylation sites is 1. The summed E-state index contributed by atoms with van der Waals surface area (Å²) < 4.78 is 2.92. The molecule has 0 saturated heterocycles. The number of rotatable bonds is 3. The molecule has 116 valence electrons. The summed E-state index contributed by atoms with van der Waals surface area (Å²) in [5, 5.41) is 10.7. The third-order valence-electron chi connectivity index (χ3n) is 3.10. The summed E-state index contributed by atoms with van der Waals surface area (Å²) in [7, 11) is 1.86. The molecule has 0 spiro atoms. The van der Waals surface area contributed by atoms with Crippen molar-refractivity contribution in [1.29, 1.82) is 0 Å². The molecule has 0 aliphatic carbocycles. The fourth-order valence-electron chi connectivity index (χ4n) is 2.00. The highest BCUT2D eigenvalue weighted by Gasteiger charge is 2.08. The molecule has 3 aromatic rings. The first kappa shape index (κ1) is 15.3. The van der Waals surface area contributed by atoms with Crippen molar-refractivity contribution >= 4 is 49.9 Å². The first-order valence-electron chi connectivity index (χ1n) is 6.60. The van der Waals surface area contributed by atoms with E-state index in [1.165, 1.54) is 29.6 Å². The second kappa shape index (κ2) is 6.27. The normalized spacial score (nSPS) is 12.3. The van der Waals surface area contributed by atoms with Crippen LogP contribution in [0.3, 0.4) is 0 Å². The third kappa shape index (κ3) is 3.27. The van der Waals surface area contributed by atoms with Crippen LogP contribution in [0.15, 0.2) is 47.5 Å². The summed E-state index contributed by atoms with van der Waals surface area (Å²) in [5.41, 5.74) is 1.02. The highest BCUT2D eigenvalue weighted by atomic mass is 32.1. The maximum absolute atomic E-state index is 12.0. The molecule has 1 aromatic carbocycles. The molecule has 2 heterocycles. The Hall–Kier alpha value is -2.58. The number of thiazole rings is 1. The van der Waals surface area contributed by atoms with Crippen molar-refractivity contribution < 1.29 is 9.72 Å². The molecule has 0 atom stereocenters. The Kier molecular flexibility index (Phi) is 4.18. The van der Waals surface area contributed by atoms with E-state index in [9.17, 15) is 14.9 Å². The van der Waals surface area contributed by atoms with E-state index >= 15 is 0 Å². The molecule has 2 aromatic heterocycles. The zero-order chi connectivity index (χ0) is 16.4. The van der Waals surface area contributed by atoms with E-state index in [1.54, 1.807) is 6.07 Å². The van der Waals surface area contributed by atoms with Crippen LogP contribution in [0.4, 0.5) is 5.00 Å². The molecule has 0 unspecified atom stereocenters. The standard InChI is InChI=1S/C15H11N3O3S2/c1-17-11-4-2-3-5-12(11)23-15(17)16-13(19)8-6-10-7-9-14(22-10)18(20)21/h2-9H,1H3/b8-6+,16-15?. The molecule has 0 aliphatic heterocycles. The number of carbonyl (C=O) groups is 1. The van der Waals surface area contributed by atoms with Crippen LogP contribution in [0.5, 0.6) is 0 Å². The molecule has 0 aliphatic rings. The van der Waals surface area contributed by atoms with Gasteiger partial charge in [-0.3, -0.25) is 14.9 Å². The van der Waals surface area contributed by atoms with Crippen molar-refractivity contribution in [1.82, 2.24) is 4.57 Å². The molecule has 0 fully saturated rings. The number of amides is 1. The van der Waals surface area contributed by atoms with Gasteiger partial charge in [0.1, 0.15) is 0 Å². The van der Waals surface area contributed by atoms with Crippen LogP contribution in [0, 0.1) is 10.1 Å². The van der Waals surface area contributed by atoms with Crippen molar-refractivity contribution in [2.75, 3.05) is 0 Å². The quantitative estimate of drug-likeness (QED) is 0.415. The van der Waals surface area contributed by atoms with Crippen LogP contribution in [0.25, 0.3) is 16.3 Å². The van der Waals surface area contributed by atoms with Crippen LogP contribution < -0.4 is 4.80 Å². The average molecular weight is 345 g/mol. The molecule has 0 N–H and O–H groups in total. The van der Waals surface area contributed by atoms with Gasteiger partial charge < -0.3 is 4.57 Å². The first-order valence-corrected chi connectivity index (χ1v) is 8.23. The minimum atomic E-state index is -0.453. The lowest BCUT2D eigenvalue weighted by Gasteiger charge is -1.92. The lowest BCUT2D eigenvalue weighted by Crippen LogP contribution is -2.12. The van der Waals surface area contributed by atoms with Gasteiger partial charge in [0.15, 0.2) is 4.80 Å². The Morgan fingerprint density at radius 3 is 2.74 bits per heavy atom. The molecular weight excluding hydrogens is 334 g/mol. The zero-order valence-corrected chi connectivity index (χ0v) is 13.6. The maximum Gasteiger partial charge on any atom is 0.324 e. The number of thiophene rings is 1. The second-order valence-corrected chi connectivity index (χ2v) is 6.73. The second-order valence-electron chi connectivity index (χ2n) is 4.63. The Labute approximate surface area is 138 Å². The number of hydrogen-bond donors (Lipinski definition) is 0. The van der Waals surface area contributed by atoms with Crippen LogP contribution in [0.1, 0.15) is 4.88 Å². The van der Waals surface area contributed by atoms with Crippen LogP contribution >= 0.6 is 22.7 Å². The SMILES string of the molecule is Cn1c(=NC(=O)/C=C/c2ccc([N+](=O)[O-])s2)sc2ccccc21. The highest BCUT2D eigenvalue weighted by Crippen LogP contribution is 2.24. The number of fused-ring (bicyclic) bond motifs is 1. The lowest BCUT2D eigenvalue weighted by molar-refractivity contribution is -0.380. The predicted molar refractivity (Wildman–Crippen MR) is 91.4 cm³/mol. The number of nitro groups is 1. The van der Waals surface area contributed by atoms with Crippen LogP contribution in [0.2, 0.25) is 0 Å². The van der Waals surface area contributed by atoms with Crippen molar-refractivity contribution in [2.24, 2.45) is 12.0 Å². The molecule has 0 radical (unpaired) electrons. The lowest BCUT2D eigenvalue weighted by atomic mass is 10.3. The largest absolute Gasteiger partial charge is 0.324 e. The first-order chi connectivity index (χ1) is 11.0. The predicted octanol–water partition coefficient (Wildman–Crippen LogP) is 3.35. The number of nitrogens with zero attached hydrogens (tertiary/aromatic N) is 3. The molecular formula is C15H11N3O3S2. The van der Waals surface area contributed by atoms with E-state index in [1.807, 2.05) is 35.9 Å². The molecule has 6 nitrogen and oxygen atoms in total. The summed E-state index contributed by atoms with van der Waals surface area (Å²) >= 11 is 2.45. The molecule has 0 saturated carbocycles. The number of benzene rings is 1. The smallest absolute Gasteiger partial charge is 0.319 e. The molecule has 8 heteroatoms. The van der Waals surface area contributed by atoms with Gasteiger partial charge in [-0.25, -0.2) is 0 Å². The van der Waals surface area contributed by atoms with Gasteiger partial charge in [-0.2, -0.15) is 4.99 Å². The van der Waals surface area contributed by atoms with Crippen molar-refractivity contribution in [3.05, 3.63) is 62.3 Å². The van der Waals surface area contributed by atoms with Crippen molar-refractivity contribution in [3.8, 4) is 0 Å². The van der Waals surface area contributed by atoms with Gasteiger partial charge in [-0.05, 0) is 24.3 Å². The summed E-state index contributed by atoms with van der Waals surface area (Å²) in [4.78, 5) is 27.5. The molecule has 0 bridgehead atoms. The van der Waals surface area contributed by atoms with E-state index in [4.69, 9.17) is 0 Å². The molecule has 1 amide bonds. The van der Waals surface area contributed by atoms with Crippen molar-refractivity contribution in [2.45, 2.75) is 0 Å². The van der Waals surface area contributed by atoms with Gasteiger partial charge in [0, 0.05) is 24.1 Å². The number of aromatic nitrogens is 1. The van der Waals surface area contributed by atoms with E-state index in [0.717, 1.165) is 21.6 Å². The van der Waals surface area contributed by atoms with Crippen LogP contribution in [-0.4, -0.2) is 15.4 Å². The Morgan fingerprint density at radius 2 is 2.04 bits per heavy atom. The Bertz CT molecular complexity index is 995. The van der Waals surface area contributed by atoms with Gasteiger partial charge in [-0.1, -0.05) is 34.8 Å². The van der Waals surface area contributed by atoms with E-state index < -0.39 is 10.8 Å². The van der Waals surface area contributed by atoms with Crippen molar-refractivity contribution in [3.63, 3.8) is 0 Å². The van der Waals surface area contributed by atoms with Crippen LogP contribution in [-0.2, 0) is 11.8 Å². The zero-order valence-electron chi connectivity index (χ0n) is 12.0. The number of carbonyl (C=O) groups excluding carboxylic acids is 1. The number of aryl methyl sites for hydroxylation is 1. The molecule has 3 rings (SSSR count). The Morgan fingerprint density at radius 1 is 1.26 bits per heavy atom. The maximum atomic E-state index is 12.0. The fraction of sp³-hybridized carbons (Fsp3) is 0.0667. The minimum absolute atomic E-state index is 0.0462. The highest BCUT2D eigenvalue weighted by molar-refractivity contribution is 7.16. The van der Waals surface area contributed by atoms with Gasteiger partial charge >= 0.3 is 5.00 Å². The van der Waals surface area contributed by atoms with E-state index in [-0.39, 0.29) is 5.00 Å². The van der Waals surface area contributed by atoms with E-state index in [0.29, 0.717) is 9.68 Å². The topological polar surface area (TPSA) is 77.5 Å². The number of hydrogen-bond acceptors (Lipinski definition) is 5. The monoisotopic (exact) mass is 345 g/mol. The molecule has 23 heavy (non-hydrogen) atoms. The summed E-state index contributed by atoms with van der Waals surface area (Å²) in [6.45, 7) is 0. The summed E-state index contributed by atoms with van der Waals surface area (Å²) in [6, 6.07) is 10.8. The van der Waals surface area contributed by atoms with Gasteiger partial charge in [0.2, 0.25) is 0 Å². The van der Waals surface area contributed by atoms with E-state index in [2.05, 4.69) is 4.99 Å². The van der Waals surface area contributed by atoms with Gasteiger partial charge in [-0.15, -0.1) is 0 Å². The minimum Gasteiger partial charge on any atom is -0.319 e.